The number of aromatic hydroxyl groups is 1. The average Bonchev–Trinajstić information content (AvgIpc) is 2.58. The highest BCUT2D eigenvalue weighted by atomic mass is 16.5. The van der Waals surface area contributed by atoms with Gasteiger partial charge in [0.25, 0.3) is 0 Å². The number of ether oxygens (including phenoxy) is 2. The van der Waals surface area contributed by atoms with E-state index < -0.39 is 11.3 Å². The van der Waals surface area contributed by atoms with Gasteiger partial charge in [-0.05, 0) is 50.1 Å². The highest BCUT2D eigenvalue weighted by Crippen LogP contribution is 2.49. The van der Waals surface area contributed by atoms with Gasteiger partial charge in [0.1, 0.15) is 17.2 Å². The van der Waals surface area contributed by atoms with Crippen molar-refractivity contribution in [2.75, 3.05) is 7.11 Å². The number of nitrogens with one attached hydrogen (secondary N) is 2. The van der Waals surface area contributed by atoms with Gasteiger partial charge < -0.3 is 25.2 Å². The van der Waals surface area contributed by atoms with E-state index in [1.807, 2.05) is 45.0 Å². The molecular weight excluding hydrogens is 356 g/mol. The zero-order chi connectivity index (χ0) is 20.1. The summed E-state index contributed by atoms with van der Waals surface area (Å²) < 4.78 is 11.7. The van der Waals surface area contributed by atoms with Crippen LogP contribution in [0.5, 0.6) is 17.2 Å². The highest BCUT2D eigenvalue weighted by molar-refractivity contribution is 5.77. The first-order valence-electron chi connectivity index (χ1n) is 9.47. The Morgan fingerprint density at radius 1 is 1.18 bits per heavy atom. The number of fused-ring (bicyclic) bond motifs is 1. The number of hydrogen-bond donors (Lipinski definition) is 3. The average molecular weight is 382 g/mol. The van der Waals surface area contributed by atoms with Gasteiger partial charge in [0.15, 0.2) is 5.72 Å². The fourth-order valence-corrected chi connectivity index (χ4v) is 4.62. The van der Waals surface area contributed by atoms with E-state index in [0.717, 1.165) is 22.4 Å². The van der Waals surface area contributed by atoms with Crippen molar-refractivity contribution in [3.05, 3.63) is 53.1 Å². The van der Waals surface area contributed by atoms with Gasteiger partial charge in [0.2, 0.25) is 0 Å². The normalized spacial score (nSPS) is 25.3. The van der Waals surface area contributed by atoms with Crippen molar-refractivity contribution in [3.8, 4) is 17.2 Å². The van der Waals surface area contributed by atoms with Crippen LogP contribution < -0.4 is 20.1 Å². The SMILES string of the molecule is COc1ccc(C2CC3(CC(C)(C)NC(=O)N3)Oc3cc(O)cc(C)c32)cc1. The Balaban J connectivity index is 1.83. The molecule has 2 aromatic carbocycles. The number of benzene rings is 2. The summed E-state index contributed by atoms with van der Waals surface area (Å²) in [6.07, 6.45) is 1.21. The summed E-state index contributed by atoms with van der Waals surface area (Å²) in [4.78, 5) is 12.4. The number of phenols is 1. The Bertz CT molecular complexity index is 923. The topological polar surface area (TPSA) is 79.8 Å². The van der Waals surface area contributed by atoms with E-state index in [1.54, 1.807) is 19.2 Å². The van der Waals surface area contributed by atoms with E-state index in [9.17, 15) is 9.90 Å². The summed E-state index contributed by atoms with van der Waals surface area (Å²) >= 11 is 0. The Labute approximate surface area is 164 Å². The summed E-state index contributed by atoms with van der Waals surface area (Å²) in [5, 5.41) is 16.1. The van der Waals surface area contributed by atoms with Gasteiger partial charge in [0.05, 0.1) is 7.11 Å². The molecule has 0 aliphatic carbocycles. The largest absolute Gasteiger partial charge is 0.508 e. The monoisotopic (exact) mass is 382 g/mol. The number of hydrogen-bond acceptors (Lipinski definition) is 4. The lowest BCUT2D eigenvalue weighted by atomic mass is 9.76. The van der Waals surface area contributed by atoms with Crippen LogP contribution in [0.2, 0.25) is 0 Å². The minimum Gasteiger partial charge on any atom is -0.508 e. The number of urea groups is 1. The zero-order valence-electron chi connectivity index (χ0n) is 16.6. The fourth-order valence-electron chi connectivity index (χ4n) is 4.62. The van der Waals surface area contributed by atoms with Crippen LogP contribution in [-0.4, -0.2) is 29.5 Å². The van der Waals surface area contributed by atoms with Crippen molar-refractivity contribution in [1.82, 2.24) is 10.6 Å². The van der Waals surface area contributed by atoms with Crippen LogP contribution in [0.3, 0.4) is 0 Å². The molecule has 2 atom stereocenters. The van der Waals surface area contributed by atoms with Crippen LogP contribution in [0.1, 0.15) is 49.3 Å². The smallest absolute Gasteiger partial charge is 0.318 e. The third kappa shape index (κ3) is 3.23. The van der Waals surface area contributed by atoms with E-state index in [1.165, 1.54) is 0 Å². The molecule has 0 radical (unpaired) electrons. The van der Waals surface area contributed by atoms with Gasteiger partial charge in [-0.15, -0.1) is 0 Å². The number of amides is 2. The third-order valence-electron chi connectivity index (χ3n) is 5.56. The molecule has 6 nitrogen and oxygen atoms in total. The standard InChI is InChI=1S/C22H26N2O4/c1-13-9-15(25)10-18-19(13)17(14-5-7-16(27-4)8-6-14)11-22(28-18)12-21(2,3)23-20(26)24-22/h5-10,17,25H,11-12H2,1-4H3,(H2,23,24,26). The molecule has 1 fully saturated rings. The highest BCUT2D eigenvalue weighted by Gasteiger charge is 2.50. The van der Waals surface area contributed by atoms with Gasteiger partial charge >= 0.3 is 6.03 Å². The second-order valence-corrected chi connectivity index (χ2v) is 8.44. The van der Waals surface area contributed by atoms with Crippen molar-refractivity contribution in [2.24, 2.45) is 0 Å². The third-order valence-corrected chi connectivity index (χ3v) is 5.56. The van der Waals surface area contributed by atoms with Gasteiger partial charge in [-0.25, -0.2) is 4.79 Å². The maximum Gasteiger partial charge on any atom is 0.318 e. The second-order valence-electron chi connectivity index (χ2n) is 8.44. The molecule has 28 heavy (non-hydrogen) atoms. The summed E-state index contributed by atoms with van der Waals surface area (Å²) in [5.74, 6) is 1.58. The van der Waals surface area contributed by atoms with Crippen LogP contribution in [0.25, 0.3) is 0 Å². The van der Waals surface area contributed by atoms with Gasteiger partial charge in [-0.1, -0.05) is 12.1 Å². The molecule has 2 aromatic rings. The molecule has 4 rings (SSSR count). The Kier molecular flexibility index (Phi) is 4.17. The van der Waals surface area contributed by atoms with E-state index in [4.69, 9.17) is 9.47 Å². The van der Waals surface area contributed by atoms with Gasteiger partial charge in [-0.2, -0.15) is 0 Å². The summed E-state index contributed by atoms with van der Waals surface area (Å²) in [6, 6.07) is 11.1. The number of carbonyl (C=O) groups excluding carboxylic acids is 1. The minimum atomic E-state index is -0.844. The second kappa shape index (κ2) is 6.33. The molecule has 2 amide bonds. The van der Waals surface area contributed by atoms with E-state index in [2.05, 4.69) is 10.6 Å². The number of aryl methyl sites for hydroxylation is 1. The molecule has 1 saturated heterocycles. The van der Waals surface area contributed by atoms with E-state index in [0.29, 0.717) is 18.6 Å². The van der Waals surface area contributed by atoms with E-state index >= 15 is 0 Å². The first kappa shape index (κ1) is 18.5. The molecule has 2 aliphatic rings. The van der Waals surface area contributed by atoms with Crippen molar-refractivity contribution in [1.29, 1.82) is 0 Å². The summed E-state index contributed by atoms with van der Waals surface area (Å²) in [7, 11) is 1.65. The molecule has 148 valence electrons. The van der Waals surface area contributed by atoms with Gasteiger partial charge in [-0.3, -0.25) is 0 Å². The zero-order valence-corrected chi connectivity index (χ0v) is 16.6. The lowest BCUT2D eigenvalue weighted by molar-refractivity contribution is -0.0237. The molecule has 2 heterocycles. The molecule has 6 heteroatoms. The molecule has 0 saturated carbocycles. The molecule has 1 spiro atoms. The van der Waals surface area contributed by atoms with Crippen LogP contribution >= 0.6 is 0 Å². The van der Waals surface area contributed by atoms with Crippen molar-refractivity contribution in [2.45, 2.75) is 50.8 Å². The molecule has 3 N–H and O–H groups in total. The predicted molar refractivity (Wildman–Crippen MR) is 106 cm³/mol. The molecule has 2 unspecified atom stereocenters. The summed E-state index contributed by atoms with van der Waals surface area (Å²) in [5.41, 5.74) is 1.87. The fraction of sp³-hybridized carbons (Fsp3) is 0.409. The predicted octanol–water partition coefficient (Wildman–Crippen LogP) is 3.80. The lowest BCUT2D eigenvalue weighted by Gasteiger charge is -2.49. The minimum absolute atomic E-state index is 0.0180. The van der Waals surface area contributed by atoms with Crippen LogP contribution in [0.15, 0.2) is 36.4 Å². The first-order chi connectivity index (χ1) is 13.2. The molecule has 0 bridgehead atoms. The maximum absolute atomic E-state index is 12.4. The number of rotatable bonds is 2. The van der Waals surface area contributed by atoms with Crippen LogP contribution in [0.4, 0.5) is 4.79 Å². The van der Waals surface area contributed by atoms with Crippen molar-refractivity contribution in [3.63, 3.8) is 0 Å². The Morgan fingerprint density at radius 3 is 2.54 bits per heavy atom. The van der Waals surface area contributed by atoms with Crippen molar-refractivity contribution < 1.29 is 19.4 Å². The van der Waals surface area contributed by atoms with Crippen molar-refractivity contribution >= 4 is 6.03 Å². The Hall–Kier alpha value is -2.89. The molecule has 0 aromatic heterocycles. The van der Waals surface area contributed by atoms with Crippen LogP contribution in [-0.2, 0) is 0 Å². The molecular formula is C22H26N2O4. The molecule has 2 aliphatic heterocycles. The first-order valence-corrected chi connectivity index (χ1v) is 9.47. The number of phenolic OH excluding ortho intramolecular Hbond substituents is 1. The van der Waals surface area contributed by atoms with Gasteiger partial charge in [0, 0.05) is 35.9 Å². The number of methoxy groups -OCH3 is 1. The number of carbonyl (C=O) groups is 1. The summed E-state index contributed by atoms with van der Waals surface area (Å²) in [6.45, 7) is 5.95. The van der Waals surface area contributed by atoms with E-state index in [-0.39, 0.29) is 17.7 Å². The lowest BCUT2D eigenvalue weighted by Crippen LogP contribution is -2.69. The van der Waals surface area contributed by atoms with Crippen LogP contribution in [0, 0.1) is 6.92 Å². The quantitative estimate of drug-likeness (QED) is 0.738. The maximum atomic E-state index is 12.4. The Morgan fingerprint density at radius 2 is 1.89 bits per heavy atom.